The summed E-state index contributed by atoms with van der Waals surface area (Å²) in [7, 11) is 0. The molecule has 3 fully saturated rings. The molecule has 2 aliphatic heterocycles. The van der Waals surface area contributed by atoms with Gasteiger partial charge in [0.25, 0.3) is 0 Å². The van der Waals surface area contributed by atoms with Crippen LogP contribution < -0.4 is 4.74 Å². The van der Waals surface area contributed by atoms with E-state index in [-0.39, 0.29) is 23.8 Å². The van der Waals surface area contributed by atoms with Crippen LogP contribution in [0.1, 0.15) is 78.0 Å². The minimum atomic E-state index is -0.541. The fourth-order valence-electron chi connectivity index (χ4n) is 5.79. The highest BCUT2D eigenvalue weighted by Gasteiger charge is 2.54. The maximum absolute atomic E-state index is 12.8. The number of carbonyl (C=O) groups excluding carboxylic acids is 1. The van der Waals surface area contributed by atoms with Gasteiger partial charge >= 0.3 is 6.09 Å². The molecule has 1 saturated carbocycles. The molecule has 0 N–H and O–H groups in total. The van der Waals surface area contributed by atoms with Gasteiger partial charge in [0.15, 0.2) is 6.23 Å². The lowest BCUT2D eigenvalue weighted by atomic mass is 9.90. The molecule has 1 aliphatic carbocycles. The van der Waals surface area contributed by atoms with Crippen LogP contribution in [0.15, 0.2) is 37.2 Å². The van der Waals surface area contributed by atoms with E-state index in [1.165, 1.54) is 0 Å². The molecule has 2 unspecified atom stereocenters. The number of rotatable bonds is 5. The lowest BCUT2D eigenvalue weighted by molar-refractivity contribution is -0.0365. The van der Waals surface area contributed by atoms with Crippen LogP contribution in [0, 0.1) is 5.41 Å². The lowest BCUT2D eigenvalue weighted by Crippen LogP contribution is -2.51. The van der Waals surface area contributed by atoms with Crippen molar-refractivity contribution in [2.45, 2.75) is 84.2 Å². The first-order chi connectivity index (χ1) is 19.1. The monoisotopic (exact) mass is 545 g/mol. The van der Waals surface area contributed by atoms with E-state index in [2.05, 4.69) is 29.8 Å². The van der Waals surface area contributed by atoms with Crippen molar-refractivity contribution >= 4 is 22.6 Å². The smallest absolute Gasteiger partial charge is 0.410 e. The van der Waals surface area contributed by atoms with Crippen molar-refractivity contribution in [1.29, 1.82) is 0 Å². The Hall–Kier alpha value is -3.46. The summed E-state index contributed by atoms with van der Waals surface area (Å²) >= 11 is 0. The summed E-state index contributed by atoms with van der Waals surface area (Å²) in [5, 5.41) is 6.00. The first kappa shape index (κ1) is 26.7. The number of nitrogens with zero attached hydrogens (tertiary/aromatic N) is 5. The molecule has 1 spiro atoms. The van der Waals surface area contributed by atoms with Gasteiger partial charge in [-0.2, -0.15) is 5.10 Å². The fraction of sp³-hybridized carbons (Fsp3) is 0.548. The normalized spacial score (nSPS) is 22.4. The molecule has 6 rings (SSSR count). The molecular formula is C31H39N5O4. The molecule has 2 saturated heterocycles. The van der Waals surface area contributed by atoms with Crippen LogP contribution in [0.3, 0.4) is 0 Å². The molecular weight excluding hydrogens is 506 g/mol. The molecule has 2 atom stereocenters. The van der Waals surface area contributed by atoms with Crippen molar-refractivity contribution in [2.75, 3.05) is 19.7 Å². The van der Waals surface area contributed by atoms with Crippen LogP contribution in [-0.2, 0) is 9.47 Å². The number of fused-ring (bicyclic) bond motifs is 1. The third-order valence-corrected chi connectivity index (χ3v) is 8.24. The van der Waals surface area contributed by atoms with E-state index in [1.807, 2.05) is 32.4 Å². The second-order valence-corrected chi connectivity index (χ2v) is 12.5. The Morgan fingerprint density at radius 3 is 2.70 bits per heavy atom. The van der Waals surface area contributed by atoms with E-state index < -0.39 is 5.60 Å². The zero-order valence-corrected chi connectivity index (χ0v) is 24.0. The van der Waals surface area contributed by atoms with Crippen LogP contribution in [-0.4, -0.2) is 62.1 Å². The van der Waals surface area contributed by atoms with E-state index in [0.717, 1.165) is 72.9 Å². The lowest BCUT2D eigenvalue weighted by Gasteiger charge is -2.39. The number of likely N-dealkylation sites (tertiary alicyclic amines) is 1. The van der Waals surface area contributed by atoms with E-state index >= 15 is 0 Å². The Morgan fingerprint density at radius 1 is 1.18 bits per heavy atom. The highest BCUT2D eigenvalue weighted by molar-refractivity contribution is 5.94. The average Bonchev–Trinajstić information content (AvgIpc) is 3.60. The van der Waals surface area contributed by atoms with Gasteiger partial charge in [-0.05, 0) is 83.9 Å². The molecule has 1 amide bonds. The predicted octanol–water partition coefficient (Wildman–Crippen LogP) is 6.39. The summed E-state index contributed by atoms with van der Waals surface area (Å²) in [6, 6.07) is 6.29. The molecule has 0 bridgehead atoms. The third-order valence-electron chi connectivity index (χ3n) is 8.24. The number of carbonyl (C=O) groups is 1. The van der Waals surface area contributed by atoms with Gasteiger partial charge in [0.05, 0.1) is 24.5 Å². The molecule has 2 aromatic heterocycles. The average molecular weight is 546 g/mol. The van der Waals surface area contributed by atoms with Gasteiger partial charge in [-0.1, -0.05) is 18.2 Å². The maximum atomic E-state index is 12.8. The number of aromatic nitrogens is 4. The summed E-state index contributed by atoms with van der Waals surface area (Å²) in [6.07, 6.45) is 8.98. The Morgan fingerprint density at radius 2 is 2.00 bits per heavy atom. The molecule has 0 radical (unpaired) electrons. The first-order valence-corrected chi connectivity index (χ1v) is 14.4. The Bertz CT molecular complexity index is 1430. The third kappa shape index (κ3) is 5.31. The zero-order chi connectivity index (χ0) is 28.1. The minimum absolute atomic E-state index is 0.0825. The number of benzene rings is 1. The van der Waals surface area contributed by atoms with Gasteiger partial charge in [0, 0.05) is 24.0 Å². The Labute approximate surface area is 235 Å². The van der Waals surface area contributed by atoms with Crippen molar-refractivity contribution in [2.24, 2.45) is 5.41 Å². The summed E-state index contributed by atoms with van der Waals surface area (Å²) < 4.78 is 20.2. The van der Waals surface area contributed by atoms with Gasteiger partial charge in [0.1, 0.15) is 23.1 Å². The minimum Gasteiger partial charge on any atom is -0.471 e. The number of piperidine rings is 1. The van der Waals surface area contributed by atoms with Crippen molar-refractivity contribution in [3.05, 3.63) is 42.7 Å². The molecule has 4 heterocycles. The topological polar surface area (TPSA) is 91.6 Å². The van der Waals surface area contributed by atoms with E-state index in [4.69, 9.17) is 24.3 Å². The number of hydrogen-bond acceptors (Lipinski definition) is 7. The van der Waals surface area contributed by atoms with E-state index in [1.54, 1.807) is 17.3 Å². The standard InChI is InChI=1S/C31H39N5O4/c1-20(2)21-9-10-24-22(16-21)28(34-36(24)27-8-6-7-15-38-27)23-17-32-18-26(33-23)39-25-19-35(14-13-31(25)11-12-31)29(37)40-30(3,4)5/h9-10,16-18,25,27H,1,6-8,11-15,19H2,2-5H3. The van der Waals surface area contributed by atoms with Crippen LogP contribution in [0.4, 0.5) is 4.79 Å². The van der Waals surface area contributed by atoms with Crippen molar-refractivity contribution < 1.29 is 19.0 Å². The van der Waals surface area contributed by atoms with Crippen LogP contribution in [0.2, 0.25) is 0 Å². The van der Waals surface area contributed by atoms with Crippen molar-refractivity contribution in [3.63, 3.8) is 0 Å². The zero-order valence-electron chi connectivity index (χ0n) is 24.0. The summed E-state index contributed by atoms with van der Waals surface area (Å²) in [5.74, 6) is 0.437. The highest BCUT2D eigenvalue weighted by Crippen LogP contribution is 2.54. The molecule has 9 heteroatoms. The van der Waals surface area contributed by atoms with Crippen LogP contribution in [0.5, 0.6) is 5.88 Å². The van der Waals surface area contributed by atoms with E-state index in [0.29, 0.717) is 24.7 Å². The quantitative estimate of drug-likeness (QED) is 0.367. The SMILES string of the molecule is C=C(C)c1ccc2c(c1)c(-c1cncc(OC3CN(C(=O)OC(C)(C)C)CCC34CC4)n1)nn2C1CCCCO1. The fourth-order valence-corrected chi connectivity index (χ4v) is 5.79. The molecule has 3 aromatic rings. The van der Waals surface area contributed by atoms with Gasteiger partial charge in [-0.15, -0.1) is 0 Å². The Kier molecular flexibility index (Phi) is 6.81. The highest BCUT2D eigenvalue weighted by atomic mass is 16.6. The molecule has 40 heavy (non-hydrogen) atoms. The Balaban J connectivity index is 1.30. The predicted molar refractivity (Wildman–Crippen MR) is 153 cm³/mol. The largest absolute Gasteiger partial charge is 0.471 e. The molecule has 9 nitrogen and oxygen atoms in total. The van der Waals surface area contributed by atoms with E-state index in [9.17, 15) is 4.79 Å². The van der Waals surface area contributed by atoms with Gasteiger partial charge in [0.2, 0.25) is 5.88 Å². The van der Waals surface area contributed by atoms with Crippen LogP contribution >= 0.6 is 0 Å². The molecule has 3 aliphatic rings. The van der Waals surface area contributed by atoms with Gasteiger partial charge in [-0.25, -0.2) is 14.5 Å². The first-order valence-electron chi connectivity index (χ1n) is 14.4. The second-order valence-electron chi connectivity index (χ2n) is 12.5. The maximum Gasteiger partial charge on any atom is 0.410 e. The van der Waals surface area contributed by atoms with Crippen molar-refractivity contribution in [3.8, 4) is 17.3 Å². The summed E-state index contributed by atoms with van der Waals surface area (Å²) in [5.41, 5.74) is 3.96. The molecule has 1 aromatic carbocycles. The number of hydrogen-bond donors (Lipinski definition) is 0. The number of ether oxygens (including phenoxy) is 3. The number of allylic oxidation sites excluding steroid dienone is 1. The van der Waals surface area contributed by atoms with Crippen LogP contribution in [0.25, 0.3) is 27.9 Å². The second kappa shape index (κ2) is 10.2. The number of amides is 1. The van der Waals surface area contributed by atoms with Gasteiger partial charge in [-0.3, -0.25) is 4.98 Å². The molecule has 212 valence electrons. The summed E-state index contributed by atoms with van der Waals surface area (Å²) in [6.45, 7) is 13.7. The van der Waals surface area contributed by atoms with Gasteiger partial charge < -0.3 is 19.1 Å². The van der Waals surface area contributed by atoms with Crippen molar-refractivity contribution in [1.82, 2.24) is 24.6 Å². The summed E-state index contributed by atoms with van der Waals surface area (Å²) in [4.78, 5) is 23.9.